The maximum absolute atomic E-state index is 12.4. The van der Waals surface area contributed by atoms with Gasteiger partial charge in [0.2, 0.25) is 0 Å². The zero-order valence-corrected chi connectivity index (χ0v) is 16.6. The molecule has 27 heavy (non-hydrogen) atoms. The largest absolute Gasteiger partial charge is 0.334 e. The van der Waals surface area contributed by atoms with Crippen molar-refractivity contribution >= 4 is 6.03 Å². The second-order valence-electron chi connectivity index (χ2n) is 8.29. The van der Waals surface area contributed by atoms with E-state index >= 15 is 0 Å². The van der Waals surface area contributed by atoms with E-state index in [0.29, 0.717) is 12.0 Å². The van der Waals surface area contributed by atoms with Gasteiger partial charge >= 0.3 is 6.03 Å². The maximum atomic E-state index is 12.4. The monoisotopic (exact) mass is 370 g/mol. The van der Waals surface area contributed by atoms with E-state index in [9.17, 15) is 4.79 Å². The number of imidazole rings is 1. The molecule has 3 rings (SSSR count). The summed E-state index contributed by atoms with van der Waals surface area (Å²) in [6.07, 6.45) is 8.26. The lowest BCUT2D eigenvalue weighted by Crippen LogP contribution is -2.51. The number of nitrogens with zero attached hydrogens (tertiary/aromatic N) is 5. The SMILES string of the molecule is CC(C)(C)CCN1CCN(C(=O)NCc2ccc(-n3ccnc3)nc2)CC1. The number of piperazine rings is 1. The highest BCUT2D eigenvalue weighted by Gasteiger charge is 2.22. The minimum Gasteiger partial charge on any atom is -0.334 e. The molecule has 0 unspecified atom stereocenters. The van der Waals surface area contributed by atoms with E-state index < -0.39 is 0 Å². The second kappa shape index (κ2) is 8.52. The summed E-state index contributed by atoms with van der Waals surface area (Å²) in [6, 6.07) is 3.91. The first-order valence-corrected chi connectivity index (χ1v) is 9.59. The predicted molar refractivity (Wildman–Crippen MR) is 106 cm³/mol. The van der Waals surface area contributed by atoms with Crippen LogP contribution in [0.3, 0.4) is 0 Å². The van der Waals surface area contributed by atoms with Crippen LogP contribution in [0.4, 0.5) is 4.79 Å². The summed E-state index contributed by atoms with van der Waals surface area (Å²) in [5.41, 5.74) is 1.34. The summed E-state index contributed by atoms with van der Waals surface area (Å²) in [4.78, 5) is 25.2. The van der Waals surface area contributed by atoms with E-state index in [1.807, 2.05) is 27.8 Å². The van der Waals surface area contributed by atoms with Crippen molar-refractivity contribution in [3.05, 3.63) is 42.6 Å². The number of amides is 2. The van der Waals surface area contributed by atoms with Crippen LogP contribution in [0.1, 0.15) is 32.8 Å². The van der Waals surface area contributed by atoms with Gasteiger partial charge in [0, 0.05) is 51.3 Å². The van der Waals surface area contributed by atoms with Crippen LogP contribution >= 0.6 is 0 Å². The molecule has 1 N–H and O–H groups in total. The quantitative estimate of drug-likeness (QED) is 0.878. The fraction of sp³-hybridized carbons (Fsp3) is 0.550. The van der Waals surface area contributed by atoms with Crippen molar-refractivity contribution in [2.24, 2.45) is 5.41 Å². The first-order chi connectivity index (χ1) is 12.9. The summed E-state index contributed by atoms with van der Waals surface area (Å²) in [6.45, 7) is 11.9. The van der Waals surface area contributed by atoms with Crippen molar-refractivity contribution in [3.63, 3.8) is 0 Å². The van der Waals surface area contributed by atoms with Gasteiger partial charge in [-0.2, -0.15) is 0 Å². The third-order valence-electron chi connectivity index (χ3n) is 4.86. The third-order valence-corrected chi connectivity index (χ3v) is 4.86. The summed E-state index contributed by atoms with van der Waals surface area (Å²) >= 11 is 0. The molecule has 2 aromatic heterocycles. The molecular weight excluding hydrogens is 340 g/mol. The highest BCUT2D eigenvalue weighted by Crippen LogP contribution is 2.19. The fourth-order valence-corrected chi connectivity index (χ4v) is 3.03. The molecule has 3 heterocycles. The topological polar surface area (TPSA) is 66.3 Å². The molecule has 0 aromatic carbocycles. The second-order valence-corrected chi connectivity index (χ2v) is 8.29. The minimum atomic E-state index is 0.00385. The Bertz CT molecular complexity index is 712. The molecule has 0 radical (unpaired) electrons. The maximum Gasteiger partial charge on any atom is 0.317 e. The van der Waals surface area contributed by atoms with Gasteiger partial charge < -0.3 is 10.2 Å². The molecule has 0 aliphatic carbocycles. The number of hydrogen-bond donors (Lipinski definition) is 1. The lowest BCUT2D eigenvalue weighted by atomic mass is 9.92. The molecule has 146 valence electrons. The van der Waals surface area contributed by atoms with E-state index in [2.05, 4.69) is 41.0 Å². The number of rotatable bonds is 5. The number of pyridine rings is 1. The van der Waals surface area contributed by atoms with Crippen LogP contribution in [0.15, 0.2) is 37.1 Å². The summed E-state index contributed by atoms with van der Waals surface area (Å²) in [5.74, 6) is 0.814. The average molecular weight is 371 g/mol. The van der Waals surface area contributed by atoms with E-state index in [1.54, 1.807) is 18.7 Å². The zero-order chi connectivity index (χ0) is 19.3. The van der Waals surface area contributed by atoms with Crippen LogP contribution in [0.25, 0.3) is 5.82 Å². The molecule has 7 nitrogen and oxygen atoms in total. The van der Waals surface area contributed by atoms with E-state index in [0.717, 1.165) is 44.1 Å². The van der Waals surface area contributed by atoms with Crippen molar-refractivity contribution < 1.29 is 4.79 Å². The first-order valence-electron chi connectivity index (χ1n) is 9.59. The highest BCUT2D eigenvalue weighted by atomic mass is 16.2. The Balaban J connectivity index is 1.41. The van der Waals surface area contributed by atoms with Gasteiger partial charge in [0.15, 0.2) is 0 Å². The Labute approximate surface area is 161 Å². The molecule has 0 saturated carbocycles. The number of nitrogens with one attached hydrogen (secondary N) is 1. The molecule has 0 spiro atoms. The first kappa shape index (κ1) is 19.4. The van der Waals surface area contributed by atoms with Gasteiger partial charge in [0.25, 0.3) is 0 Å². The molecule has 1 fully saturated rings. The number of carbonyl (C=O) groups is 1. The average Bonchev–Trinajstić information content (AvgIpc) is 3.19. The smallest absolute Gasteiger partial charge is 0.317 e. The van der Waals surface area contributed by atoms with Crippen LogP contribution in [0.2, 0.25) is 0 Å². The number of aromatic nitrogens is 3. The third kappa shape index (κ3) is 5.79. The van der Waals surface area contributed by atoms with Crippen molar-refractivity contribution in [2.75, 3.05) is 32.7 Å². The van der Waals surface area contributed by atoms with Gasteiger partial charge in [0.05, 0.1) is 0 Å². The van der Waals surface area contributed by atoms with Crippen LogP contribution in [-0.2, 0) is 6.54 Å². The molecule has 7 heteroatoms. The van der Waals surface area contributed by atoms with Gasteiger partial charge in [-0.15, -0.1) is 0 Å². The van der Waals surface area contributed by atoms with Gasteiger partial charge in [-0.05, 0) is 30.0 Å². The predicted octanol–water partition coefficient (Wildman–Crippen LogP) is 2.53. The molecule has 2 amide bonds. The van der Waals surface area contributed by atoms with Crippen molar-refractivity contribution in [3.8, 4) is 5.82 Å². The normalized spacial score (nSPS) is 15.7. The van der Waals surface area contributed by atoms with Crippen molar-refractivity contribution in [1.29, 1.82) is 0 Å². The molecule has 0 bridgehead atoms. The Kier molecular flexibility index (Phi) is 6.11. The molecule has 1 aliphatic rings. The van der Waals surface area contributed by atoms with Gasteiger partial charge in [-0.1, -0.05) is 26.8 Å². The Morgan fingerprint density at radius 2 is 1.96 bits per heavy atom. The molecule has 0 atom stereocenters. The van der Waals surface area contributed by atoms with Crippen LogP contribution in [0, 0.1) is 5.41 Å². The van der Waals surface area contributed by atoms with Gasteiger partial charge in [0.1, 0.15) is 12.1 Å². The summed E-state index contributed by atoms with van der Waals surface area (Å²) in [7, 11) is 0. The summed E-state index contributed by atoms with van der Waals surface area (Å²) in [5, 5.41) is 3.00. The van der Waals surface area contributed by atoms with Crippen LogP contribution in [-0.4, -0.2) is 63.1 Å². The Hall–Kier alpha value is -2.41. The lowest BCUT2D eigenvalue weighted by Gasteiger charge is -2.35. The van der Waals surface area contributed by atoms with E-state index in [4.69, 9.17) is 0 Å². The molecule has 2 aromatic rings. The summed E-state index contributed by atoms with van der Waals surface area (Å²) < 4.78 is 1.85. The van der Waals surface area contributed by atoms with Crippen LogP contribution < -0.4 is 5.32 Å². The van der Waals surface area contributed by atoms with Crippen molar-refractivity contribution in [2.45, 2.75) is 33.7 Å². The van der Waals surface area contributed by atoms with Crippen LogP contribution in [0.5, 0.6) is 0 Å². The Morgan fingerprint density at radius 1 is 1.19 bits per heavy atom. The molecular formula is C20H30N6O. The fourth-order valence-electron chi connectivity index (χ4n) is 3.03. The zero-order valence-electron chi connectivity index (χ0n) is 16.6. The van der Waals surface area contributed by atoms with Gasteiger partial charge in [-0.25, -0.2) is 14.8 Å². The standard InChI is InChI=1S/C20H30N6O/c1-20(2,3)6-8-24-10-12-25(13-11-24)19(27)23-15-17-4-5-18(22-14-17)26-9-7-21-16-26/h4-5,7,9,14,16H,6,8,10-13,15H2,1-3H3,(H,23,27). The number of carbonyl (C=O) groups excluding carboxylic acids is 1. The molecule has 1 aliphatic heterocycles. The Morgan fingerprint density at radius 3 is 2.56 bits per heavy atom. The van der Waals surface area contributed by atoms with E-state index in [-0.39, 0.29) is 6.03 Å². The number of hydrogen-bond acceptors (Lipinski definition) is 4. The van der Waals surface area contributed by atoms with Crippen molar-refractivity contribution in [1.82, 2.24) is 29.7 Å². The number of urea groups is 1. The molecule has 1 saturated heterocycles. The van der Waals surface area contributed by atoms with Gasteiger partial charge in [-0.3, -0.25) is 9.47 Å². The lowest BCUT2D eigenvalue weighted by molar-refractivity contribution is 0.129. The highest BCUT2D eigenvalue weighted by molar-refractivity contribution is 5.74. The minimum absolute atomic E-state index is 0.00385. The van der Waals surface area contributed by atoms with E-state index in [1.165, 1.54) is 6.42 Å².